The van der Waals surface area contributed by atoms with E-state index in [4.69, 9.17) is 0 Å². The Balaban J connectivity index is 1.68. The molecule has 1 saturated heterocycles. The lowest BCUT2D eigenvalue weighted by molar-refractivity contribution is -0.123. The van der Waals surface area contributed by atoms with Gasteiger partial charge >= 0.3 is 0 Å². The standard InChI is InChI=1S/C17H15Br2NO3/c1-7(21)8-2-4-9(5-3-8)20-16(22)12-10-6-11(13(12)17(20)23)15(19)14(10)18/h2-5,10-15H,6H2,1H3/t10-,11+,12-,13+,14-,15+. The van der Waals surface area contributed by atoms with Gasteiger partial charge in [0.1, 0.15) is 0 Å². The average molecular weight is 441 g/mol. The Morgan fingerprint density at radius 2 is 1.48 bits per heavy atom. The van der Waals surface area contributed by atoms with Crippen LogP contribution in [0.1, 0.15) is 23.7 Å². The van der Waals surface area contributed by atoms with E-state index in [-0.39, 0.29) is 50.9 Å². The second kappa shape index (κ2) is 5.24. The van der Waals surface area contributed by atoms with Gasteiger partial charge in [0, 0.05) is 15.2 Å². The third-order valence-corrected chi connectivity index (χ3v) is 8.73. The van der Waals surface area contributed by atoms with E-state index >= 15 is 0 Å². The molecule has 6 heteroatoms. The number of nitrogens with zero attached hydrogens (tertiary/aromatic N) is 1. The van der Waals surface area contributed by atoms with Crippen LogP contribution >= 0.6 is 31.9 Å². The Kier molecular flexibility index (Phi) is 3.54. The van der Waals surface area contributed by atoms with Crippen LogP contribution in [-0.4, -0.2) is 27.3 Å². The van der Waals surface area contributed by atoms with Crippen molar-refractivity contribution in [3.8, 4) is 0 Å². The molecule has 0 aromatic heterocycles. The van der Waals surface area contributed by atoms with Crippen molar-refractivity contribution in [1.29, 1.82) is 0 Å². The molecule has 2 aliphatic carbocycles. The number of carbonyl (C=O) groups excluding carboxylic acids is 3. The average Bonchev–Trinajstić information content (AvgIpc) is 3.12. The fourth-order valence-electron chi connectivity index (χ4n) is 4.45. The summed E-state index contributed by atoms with van der Waals surface area (Å²) in [5.41, 5.74) is 1.14. The summed E-state index contributed by atoms with van der Waals surface area (Å²) in [7, 11) is 0. The summed E-state index contributed by atoms with van der Waals surface area (Å²) in [5.74, 6) is -0.204. The monoisotopic (exact) mass is 439 g/mol. The minimum Gasteiger partial charge on any atom is -0.295 e. The Bertz CT molecular complexity index is 685. The highest BCUT2D eigenvalue weighted by Gasteiger charge is 2.66. The first-order valence-electron chi connectivity index (χ1n) is 7.68. The van der Waals surface area contributed by atoms with Gasteiger partial charge in [-0.1, -0.05) is 31.9 Å². The molecular formula is C17H15Br2NO3. The first kappa shape index (κ1) is 15.5. The van der Waals surface area contributed by atoms with Crippen LogP contribution in [0.3, 0.4) is 0 Å². The molecule has 2 bridgehead atoms. The number of carbonyl (C=O) groups is 3. The van der Waals surface area contributed by atoms with Gasteiger partial charge in [0.15, 0.2) is 5.78 Å². The van der Waals surface area contributed by atoms with Crippen LogP contribution in [0.2, 0.25) is 0 Å². The highest BCUT2D eigenvalue weighted by molar-refractivity contribution is 9.12. The minimum atomic E-state index is -0.210. The van der Waals surface area contributed by atoms with Crippen molar-refractivity contribution in [3.05, 3.63) is 29.8 Å². The minimum absolute atomic E-state index is 0.0326. The molecule has 1 aromatic carbocycles. The van der Waals surface area contributed by atoms with E-state index in [1.807, 2.05) is 0 Å². The topological polar surface area (TPSA) is 54.5 Å². The van der Waals surface area contributed by atoms with E-state index in [1.165, 1.54) is 11.8 Å². The summed E-state index contributed by atoms with van der Waals surface area (Å²) < 4.78 is 0. The molecule has 0 unspecified atom stereocenters. The normalized spacial score (nSPS) is 38.3. The Morgan fingerprint density at radius 3 is 1.91 bits per heavy atom. The summed E-state index contributed by atoms with van der Waals surface area (Å²) in [6.45, 7) is 1.50. The van der Waals surface area contributed by atoms with E-state index < -0.39 is 0 Å². The van der Waals surface area contributed by atoms with Crippen molar-refractivity contribution in [2.75, 3.05) is 4.90 Å². The largest absolute Gasteiger partial charge is 0.295 e. The van der Waals surface area contributed by atoms with Crippen molar-refractivity contribution < 1.29 is 14.4 Å². The van der Waals surface area contributed by atoms with Gasteiger partial charge in [0.25, 0.3) is 0 Å². The molecule has 120 valence electrons. The summed E-state index contributed by atoms with van der Waals surface area (Å²) in [6, 6.07) is 6.71. The number of benzene rings is 1. The SMILES string of the molecule is CC(=O)c1ccc(N2C(=O)[C@@H]3[C@H]4C[C@H]([C@H](Br)[C@@H]4Br)[C@@H]3C2=O)cc1. The van der Waals surface area contributed by atoms with E-state index in [9.17, 15) is 14.4 Å². The molecule has 2 saturated carbocycles. The summed E-state index contributed by atoms with van der Waals surface area (Å²) in [4.78, 5) is 38.9. The smallest absolute Gasteiger partial charge is 0.238 e. The van der Waals surface area contributed by atoms with Gasteiger partial charge in [-0.15, -0.1) is 0 Å². The maximum atomic E-state index is 12.9. The second-order valence-corrected chi connectivity index (χ2v) is 8.73. The highest BCUT2D eigenvalue weighted by atomic mass is 79.9. The number of halogens is 2. The van der Waals surface area contributed by atoms with Crippen LogP contribution in [0, 0.1) is 23.7 Å². The predicted octanol–water partition coefficient (Wildman–Crippen LogP) is 3.17. The zero-order chi connectivity index (χ0) is 16.5. The number of Topliss-reactive ketones (excluding diaryl/α,β-unsaturated/α-hetero) is 1. The maximum Gasteiger partial charge on any atom is 0.238 e. The van der Waals surface area contributed by atoms with Gasteiger partial charge in [0.05, 0.1) is 17.5 Å². The number of ketones is 1. The quantitative estimate of drug-likeness (QED) is 0.403. The van der Waals surface area contributed by atoms with E-state index in [0.717, 1.165) is 6.42 Å². The number of rotatable bonds is 2. The van der Waals surface area contributed by atoms with E-state index in [2.05, 4.69) is 31.9 Å². The number of anilines is 1. The van der Waals surface area contributed by atoms with Crippen molar-refractivity contribution in [2.24, 2.45) is 23.7 Å². The first-order valence-corrected chi connectivity index (χ1v) is 9.52. The molecular weight excluding hydrogens is 426 g/mol. The zero-order valence-electron chi connectivity index (χ0n) is 12.4. The van der Waals surface area contributed by atoms with Crippen molar-refractivity contribution in [3.63, 3.8) is 0 Å². The molecule has 3 fully saturated rings. The molecule has 1 heterocycles. The van der Waals surface area contributed by atoms with Gasteiger partial charge in [-0.3, -0.25) is 19.3 Å². The molecule has 0 radical (unpaired) electrons. The van der Waals surface area contributed by atoms with Crippen molar-refractivity contribution >= 4 is 55.1 Å². The molecule has 4 rings (SSSR count). The summed E-state index contributed by atoms with van der Waals surface area (Å²) in [6.07, 6.45) is 0.926. The van der Waals surface area contributed by atoms with Gasteiger partial charge in [-0.2, -0.15) is 0 Å². The zero-order valence-corrected chi connectivity index (χ0v) is 15.6. The van der Waals surface area contributed by atoms with E-state index in [1.54, 1.807) is 24.3 Å². The van der Waals surface area contributed by atoms with Crippen LogP contribution in [-0.2, 0) is 9.59 Å². The molecule has 23 heavy (non-hydrogen) atoms. The lowest BCUT2D eigenvalue weighted by Gasteiger charge is -2.28. The number of fused-ring (bicyclic) bond motifs is 5. The fraction of sp³-hybridized carbons (Fsp3) is 0.471. The third-order valence-electron chi connectivity index (χ3n) is 5.52. The molecule has 1 aromatic rings. The number of hydrogen-bond donors (Lipinski definition) is 0. The summed E-state index contributed by atoms with van der Waals surface area (Å²) >= 11 is 7.36. The Morgan fingerprint density at radius 1 is 1.00 bits per heavy atom. The van der Waals surface area contributed by atoms with E-state index in [0.29, 0.717) is 11.3 Å². The second-order valence-electron chi connectivity index (χ2n) is 6.62. The van der Waals surface area contributed by atoms with Gasteiger partial charge in [-0.05, 0) is 49.4 Å². The molecule has 1 aliphatic heterocycles. The molecule has 0 N–H and O–H groups in total. The maximum absolute atomic E-state index is 12.9. The van der Waals surface area contributed by atoms with Crippen LogP contribution < -0.4 is 4.90 Å². The lowest BCUT2D eigenvalue weighted by Crippen LogP contribution is -2.37. The van der Waals surface area contributed by atoms with Crippen molar-refractivity contribution in [2.45, 2.75) is 23.0 Å². The Labute approximate surface area is 150 Å². The number of imide groups is 1. The van der Waals surface area contributed by atoms with Crippen LogP contribution in [0.5, 0.6) is 0 Å². The summed E-state index contributed by atoms with van der Waals surface area (Å²) in [5, 5.41) is 0. The number of amides is 2. The molecule has 3 aliphatic rings. The third kappa shape index (κ3) is 2.03. The molecule has 4 nitrogen and oxygen atoms in total. The van der Waals surface area contributed by atoms with Crippen LogP contribution in [0.15, 0.2) is 24.3 Å². The van der Waals surface area contributed by atoms with Crippen molar-refractivity contribution in [1.82, 2.24) is 0 Å². The van der Waals surface area contributed by atoms with Crippen LogP contribution in [0.4, 0.5) is 5.69 Å². The Hall–Kier alpha value is -1.01. The molecule has 6 atom stereocenters. The van der Waals surface area contributed by atoms with Gasteiger partial charge in [-0.25, -0.2) is 0 Å². The van der Waals surface area contributed by atoms with Gasteiger partial charge < -0.3 is 0 Å². The number of alkyl halides is 2. The molecule has 0 spiro atoms. The number of hydrogen-bond acceptors (Lipinski definition) is 3. The lowest BCUT2D eigenvalue weighted by atomic mass is 9.81. The fourth-order valence-corrected chi connectivity index (χ4v) is 6.32. The van der Waals surface area contributed by atoms with Crippen LogP contribution in [0.25, 0.3) is 0 Å². The van der Waals surface area contributed by atoms with Gasteiger partial charge in [0.2, 0.25) is 11.8 Å². The first-order chi connectivity index (χ1) is 10.9. The highest BCUT2D eigenvalue weighted by Crippen LogP contribution is 2.60. The molecule has 2 amide bonds. The predicted molar refractivity (Wildman–Crippen MR) is 92.9 cm³/mol.